The van der Waals surface area contributed by atoms with Gasteiger partial charge in [0.25, 0.3) is 11.8 Å². The second-order valence-electron chi connectivity index (χ2n) is 4.89. The van der Waals surface area contributed by atoms with Crippen LogP contribution >= 0.6 is 0 Å². The number of piperazine rings is 1. The molecule has 0 bridgehead atoms. The van der Waals surface area contributed by atoms with E-state index in [4.69, 9.17) is 0 Å². The van der Waals surface area contributed by atoms with Gasteiger partial charge in [-0.1, -0.05) is 18.2 Å². The number of hydrazine groups is 1. The lowest BCUT2D eigenvalue weighted by molar-refractivity contribution is -0.123. The number of nitrogens with zero attached hydrogens (tertiary/aromatic N) is 1. The van der Waals surface area contributed by atoms with Crippen LogP contribution in [0.4, 0.5) is 0 Å². The van der Waals surface area contributed by atoms with Crippen LogP contribution in [0.1, 0.15) is 17.3 Å². The fourth-order valence-corrected chi connectivity index (χ4v) is 2.13. The van der Waals surface area contributed by atoms with Crippen LogP contribution in [0.25, 0.3) is 0 Å². The van der Waals surface area contributed by atoms with Crippen LogP contribution in [-0.2, 0) is 4.79 Å². The van der Waals surface area contributed by atoms with E-state index in [1.807, 2.05) is 6.07 Å². The first-order valence-corrected chi connectivity index (χ1v) is 6.76. The van der Waals surface area contributed by atoms with E-state index in [0.717, 1.165) is 19.6 Å². The Morgan fingerprint density at radius 2 is 2.05 bits per heavy atom. The molecule has 6 heteroatoms. The number of hydrogen-bond acceptors (Lipinski definition) is 4. The highest BCUT2D eigenvalue weighted by molar-refractivity contribution is 5.95. The van der Waals surface area contributed by atoms with Crippen molar-refractivity contribution in [2.24, 2.45) is 0 Å². The Kier molecular flexibility index (Phi) is 5.09. The minimum Gasteiger partial charge on any atom is -0.314 e. The topological polar surface area (TPSA) is 73.5 Å². The fraction of sp³-hybridized carbons (Fsp3) is 0.429. The predicted molar refractivity (Wildman–Crippen MR) is 76.0 cm³/mol. The molecule has 1 heterocycles. The molecule has 3 N–H and O–H groups in total. The smallest absolute Gasteiger partial charge is 0.269 e. The first-order chi connectivity index (χ1) is 9.66. The number of carbonyl (C=O) groups is 2. The van der Waals surface area contributed by atoms with Gasteiger partial charge < -0.3 is 5.32 Å². The number of carbonyl (C=O) groups excluding carboxylic acids is 2. The third-order valence-electron chi connectivity index (χ3n) is 3.34. The molecule has 20 heavy (non-hydrogen) atoms. The summed E-state index contributed by atoms with van der Waals surface area (Å²) in [7, 11) is 0. The van der Waals surface area contributed by atoms with Gasteiger partial charge in [-0.25, -0.2) is 0 Å². The maximum atomic E-state index is 11.8. The largest absolute Gasteiger partial charge is 0.314 e. The Hall–Kier alpha value is -1.92. The van der Waals surface area contributed by atoms with Crippen molar-refractivity contribution in [1.82, 2.24) is 21.1 Å². The molecule has 1 saturated heterocycles. The summed E-state index contributed by atoms with van der Waals surface area (Å²) in [6.07, 6.45) is 0. The number of rotatable bonds is 3. The van der Waals surface area contributed by atoms with Crippen LogP contribution < -0.4 is 16.2 Å². The molecule has 0 saturated carbocycles. The molecular weight excluding hydrogens is 256 g/mol. The number of amides is 2. The van der Waals surface area contributed by atoms with Gasteiger partial charge in [-0.3, -0.25) is 25.3 Å². The van der Waals surface area contributed by atoms with Gasteiger partial charge in [-0.2, -0.15) is 0 Å². The summed E-state index contributed by atoms with van der Waals surface area (Å²) in [6.45, 7) is 4.96. The quantitative estimate of drug-likeness (QED) is 0.665. The first kappa shape index (κ1) is 14.5. The van der Waals surface area contributed by atoms with E-state index >= 15 is 0 Å². The molecule has 0 aliphatic carbocycles. The minimum atomic E-state index is -0.313. The zero-order chi connectivity index (χ0) is 14.4. The van der Waals surface area contributed by atoms with Gasteiger partial charge in [0.2, 0.25) is 0 Å². The standard InChI is InChI=1S/C14H20N4O2/c1-11-9-15-7-8-18(11)10-13(19)16-17-14(20)12-5-3-2-4-6-12/h2-6,11,15H,7-10H2,1H3,(H,16,19)(H,17,20)/t11-/m0/s1. The molecule has 1 atom stereocenters. The van der Waals surface area contributed by atoms with Crippen molar-refractivity contribution in [2.45, 2.75) is 13.0 Å². The molecule has 1 aliphatic rings. The van der Waals surface area contributed by atoms with E-state index in [2.05, 4.69) is 28.0 Å². The van der Waals surface area contributed by atoms with Gasteiger partial charge in [0.05, 0.1) is 6.54 Å². The van der Waals surface area contributed by atoms with Crippen LogP contribution in [0.5, 0.6) is 0 Å². The summed E-state index contributed by atoms with van der Waals surface area (Å²) >= 11 is 0. The molecule has 1 aromatic carbocycles. The Bertz CT molecular complexity index is 464. The molecule has 1 aliphatic heterocycles. The van der Waals surface area contributed by atoms with E-state index < -0.39 is 0 Å². The van der Waals surface area contributed by atoms with Gasteiger partial charge in [-0.15, -0.1) is 0 Å². The zero-order valence-electron chi connectivity index (χ0n) is 11.6. The van der Waals surface area contributed by atoms with Crippen LogP contribution in [0.15, 0.2) is 30.3 Å². The molecule has 6 nitrogen and oxygen atoms in total. The van der Waals surface area contributed by atoms with Crippen molar-refractivity contribution in [3.63, 3.8) is 0 Å². The lowest BCUT2D eigenvalue weighted by atomic mass is 10.2. The predicted octanol–water partition coefficient (Wildman–Crippen LogP) is -0.259. The first-order valence-electron chi connectivity index (χ1n) is 6.76. The molecular formula is C14H20N4O2. The van der Waals surface area contributed by atoms with E-state index in [9.17, 15) is 9.59 Å². The number of benzene rings is 1. The number of nitrogens with one attached hydrogen (secondary N) is 3. The highest BCUT2D eigenvalue weighted by atomic mass is 16.2. The molecule has 0 unspecified atom stereocenters. The molecule has 0 spiro atoms. The third-order valence-corrected chi connectivity index (χ3v) is 3.34. The lowest BCUT2D eigenvalue weighted by Crippen LogP contribution is -2.54. The van der Waals surface area contributed by atoms with E-state index in [1.54, 1.807) is 24.3 Å². The number of hydrogen-bond donors (Lipinski definition) is 3. The fourth-order valence-electron chi connectivity index (χ4n) is 2.13. The highest BCUT2D eigenvalue weighted by Crippen LogP contribution is 2.01. The Labute approximate surface area is 118 Å². The van der Waals surface area contributed by atoms with Crippen molar-refractivity contribution >= 4 is 11.8 Å². The molecule has 1 aromatic rings. The lowest BCUT2D eigenvalue weighted by Gasteiger charge is -2.33. The zero-order valence-corrected chi connectivity index (χ0v) is 11.6. The van der Waals surface area contributed by atoms with Gasteiger partial charge in [0.15, 0.2) is 0 Å². The van der Waals surface area contributed by atoms with Crippen LogP contribution in [0, 0.1) is 0 Å². The van der Waals surface area contributed by atoms with Crippen molar-refractivity contribution in [1.29, 1.82) is 0 Å². The van der Waals surface area contributed by atoms with Crippen molar-refractivity contribution < 1.29 is 9.59 Å². The Morgan fingerprint density at radius 1 is 1.30 bits per heavy atom. The SMILES string of the molecule is C[C@H]1CNCCN1CC(=O)NNC(=O)c1ccccc1. The maximum Gasteiger partial charge on any atom is 0.269 e. The molecule has 0 radical (unpaired) electrons. The molecule has 1 fully saturated rings. The normalized spacial score (nSPS) is 19.4. The van der Waals surface area contributed by atoms with Gasteiger partial charge >= 0.3 is 0 Å². The highest BCUT2D eigenvalue weighted by Gasteiger charge is 2.20. The van der Waals surface area contributed by atoms with Crippen molar-refractivity contribution in [3.8, 4) is 0 Å². The van der Waals surface area contributed by atoms with Gasteiger partial charge in [0.1, 0.15) is 0 Å². The second kappa shape index (κ2) is 7.02. The van der Waals surface area contributed by atoms with Crippen LogP contribution in [0.3, 0.4) is 0 Å². The Morgan fingerprint density at radius 3 is 2.75 bits per heavy atom. The van der Waals surface area contributed by atoms with E-state index in [0.29, 0.717) is 11.6 Å². The molecule has 0 aromatic heterocycles. The van der Waals surface area contributed by atoms with Gasteiger partial charge in [0, 0.05) is 31.2 Å². The Balaban J connectivity index is 1.76. The second-order valence-corrected chi connectivity index (χ2v) is 4.89. The maximum absolute atomic E-state index is 11.8. The molecule has 108 valence electrons. The average molecular weight is 276 g/mol. The van der Waals surface area contributed by atoms with Crippen molar-refractivity contribution in [2.75, 3.05) is 26.2 Å². The van der Waals surface area contributed by atoms with E-state index in [1.165, 1.54) is 0 Å². The average Bonchev–Trinajstić information content (AvgIpc) is 2.48. The van der Waals surface area contributed by atoms with Gasteiger partial charge in [-0.05, 0) is 19.1 Å². The summed E-state index contributed by atoms with van der Waals surface area (Å²) in [5.41, 5.74) is 5.39. The van der Waals surface area contributed by atoms with Crippen molar-refractivity contribution in [3.05, 3.63) is 35.9 Å². The monoisotopic (exact) mass is 276 g/mol. The minimum absolute atomic E-state index is 0.206. The van der Waals surface area contributed by atoms with E-state index in [-0.39, 0.29) is 18.4 Å². The summed E-state index contributed by atoms with van der Waals surface area (Å²) in [5, 5.41) is 3.27. The van der Waals surface area contributed by atoms with Crippen LogP contribution in [-0.4, -0.2) is 48.9 Å². The summed E-state index contributed by atoms with van der Waals surface area (Å²) in [4.78, 5) is 25.6. The summed E-state index contributed by atoms with van der Waals surface area (Å²) in [5.74, 6) is -0.518. The summed E-state index contributed by atoms with van der Waals surface area (Å²) in [6, 6.07) is 9.10. The summed E-state index contributed by atoms with van der Waals surface area (Å²) < 4.78 is 0. The molecule has 2 amide bonds. The third kappa shape index (κ3) is 4.04. The van der Waals surface area contributed by atoms with Crippen LogP contribution in [0.2, 0.25) is 0 Å². The molecule has 2 rings (SSSR count).